The standard InChI is InChI=1S/C18H19BrN2O3S/c19-13-5-3-6-14(11-13)24-10-4-9-18(23)21-15-7-1-2-8-16(15)25-12-17(20)22/h1-3,5-8,11H,4,9-10,12H2,(H2,20,22)(H,21,23). The van der Waals surface area contributed by atoms with E-state index in [1.165, 1.54) is 11.8 Å². The molecule has 25 heavy (non-hydrogen) atoms. The minimum atomic E-state index is -0.393. The summed E-state index contributed by atoms with van der Waals surface area (Å²) in [6.45, 7) is 0.460. The minimum Gasteiger partial charge on any atom is -0.494 e. The zero-order valence-electron chi connectivity index (χ0n) is 13.5. The van der Waals surface area contributed by atoms with E-state index in [2.05, 4.69) is 21.2 Å². The SMILES string of the molecule is NC(=O)CSc1ccccc1NC(=O)CCCOc1cccc(Br)c1. The van der Waals surface area contributed by atoms with Crippen LogP contribution in [0.25, 0.3) is 0 Å². The Morgan fingerprint density at radius 3 is 2.72 bits per heavy atom. The van der Waals surface area contributed by atoms with Gasteiger partial charge in [-0.2, -0.15) is 0 Å². The topological polar surface area (TPSA) is 81.4 Å². The number of anilines is 1. The summed E-state index contributed by atoms with van der Waals surface area (Å²) in [6.07, 6.45) is 0.956. The first-order chi connectivity index (χ1) is 12.0. The largest absolute Gasteiger partial charge is 0.494 e. The molecule has 2 rings (SSSR count). The number of primary amides is 1. The number of ether oxygens (including phenoxy) is 1. The molecule has 0 aliphatic rings. The number of para-hydroxylation sites is 1. The molecular formula is C18H19BrN2O3S. The van der Waals surface area contributed by atoms with Crippen LogP contribution in [0.5, 0.6) is 5.75 Å². The quantitative estimate of drug-likeness (QED) is 0.475. The molecule has 0 radical (unpaired) electrons. The number of nitrogens with one attached hydrogen (secondary N) is 1. The molecule has 2 aromatic rings. The third-order valence-electron chi connectivity index (χ3n) is 3.14. The van der Waals surface area contributed by atoms with Crippen LogP contribution >= 0.6 is 27.7 Å². The summed E-state index contributed by atoms with van der Waals surface area (Å²) in [5.41, 5.74) is 5.85. The van der Waals surface area contributed by atoms with Gasteiger partial charge in [0.15, 0.2) is 0 Å². The van der Waals surface area contributed by atoms with Crippen molar-refractivity contribution >= 4 is 45.2 Å². The molecule has 0 spiro atoms. The van der Waals surface area contributed by atoms with Crippen molar-refractivity contribution in [2.24, 2.45) is 5.73 Å². The number of carbonyl (C=O) groups is 2. The van der Waals surface area contributed by atoms with Crippen molar-refractivity contribution in [1.82, 2.24) is 0 Å². The Balaban J connectivity index is 1.77. The van der Waals surface area contributed by atoms with E-state index in [4.69, 9.17) is 10.5 Å². The highest BCUT2D eigenvalue weighted by Crippen LogP contribution is 2.26. The molecule has 0 heterocycles. The zero-order valence-corrected chi connectivity index (χ0v) is 15.9. The van der Waals surface area contributed by atoms with Crippen LogP contribution in [0.3, 0.4) is 0 Å². The van der Waals surface area contributed by atoms with E-state index in [9.17, 15) is 9.59 Å². The van der Waals surface area contributed by atoms with Crippen molar-refractivity contribution in [3.05, 3.63) is 53.0 Å². The van der Waals surface area contributed by atoms with Crippen LogP contribution in [0.15, 0.2) is 57.9 Å². The summed E-state index contributed by atoms with van der Waals surface area (Å²) in [4.78, 5) is 23.8. The number of thioether (sulfide) groups is 1. The lowest BCUT2D eigenvalue weighted by Gasteiger charge is -2.10. The molecule has 0 atom stereocenters. The molecule has 3 N–H and O–H groups in total. The fraction of sp³-hybridized carbons (Fsp3) is 0.222. The number of rotatable bonds is 9. The third-order valence-corrected chi connectivity index (χ3v) is 4.73. The maximum Gasteiger partial charge on any atom is 0.227 e. The van der Waals surface area contributed by atoms with Crippen molar-refractivity contribution in [2.75, 3.05) is 17.7 Å². The van der Waals surface area contributed by atoms with Crippen LogP contribution in [0.4, 0.5) is 5.69 Å². The Morgan fingerprint density at radius 2 is 1.96 bits per heavy atom. The van der Waals surface area contributed by atoms with Gasteiger partial charge in [-0.1, -0.05) is 34.1 Å². The molecule has 7 heteroatoms. The summed E-state index contributed by atoms with van der Waals surface area (Å²) < 4.78 is 6.56. The van der Waals surface area contributed by atoms with Gasteiger partial charge in [0.2, 0.25) is 11.8 Å². The maximum absolute atomic E-state index is 12.1. The smallest absolute Gasteiger partial charge is 0.227 e. The first kappa shape index (κ1) is 19.3. The van der Waals surface area contributed by atoms with Gasteiger partial charge in [-0.15, -0.1) is 11.8 Å². The number of nitrogens with two attached hydrogens (primary N) is 1. The summed E-state index contributed by atoms with van der Waals surface area (Å²) in [5, 5.41) is 2.87. The normalized spacial score (nSPS) is 10.3. The van der Waals surface area contributed by atoms with Crippen molar-refractivity contribution in [3.63, 3.8) is 0 Å². The summed E-state index contributed by atoms with van der Waals surface area (Å²) >= 11 is 4.69. The van der Waals surface area contributed by atoms with Gasteiger partial charge < -0.3 is 15.8 Å². The van der Waals surface area contributed by atoms with E-state index in [0.717, 1.165) is 15.1 Å². The molecule has 2 amide bonds. The van der Waals surface area contributed by atoms with Gasteiger partial charge in [0.1, 0.15) is 5.75 Å². The molecular weight excluding hydrogens is 404 g/mol. The van der Waals surface area contributed by atoms with E-state index in [-0.39, 0.29) is 11.7 Å². The highest BCUT2D eigenvalue weighted by atomic mass is 79.9. The molecule has 0 saturated carbocycles. The van der Waals surface area contributed by atoms with Gasteiger partial charge >= 0.3 is 0 Å². The number of carbonyl (C=O) groups excluding carboxylic acids is 2. The summed E-state index contributed by atoms with van der Waals surface area (Å²) in [5.74, 6) is 0.455. The minimum absolute atomic E-state index is 0.0926. The number of amides is 2. The average molecular weight is 423 g/mol. The molecule has 0 aliphatic heterocycles. The second-order valence-electron chi connectivity index (χ2n) is 5.21. The van der Waals surface area contributed by atoms with Crippen LogP contribution in [0, 0.1) is 0 Å². The molecule has 0 aromatic heterocycles. The van der Waals surface area contributed by atoms with Crippen molar-refractivity contribution < 1.29 is 14.3 Å². The van der Waals surface area contributed by atoms with Crippen LogP contribution in [0.2, 0.25) is 0 Å². The van der Waals surface area contributed by atoms with Gasteiger partial charge in [0.05, 0.1) is 18.0 Å². The first-order valence-corrected chi connectivity index (χ1v) is 9.51. The van der Waals surface area contributed by atoms with Crippen LogP contribution in [0.1, 0.15) is 12.8 Å². The maximum atomic E-state index is 12.1. The Morgan fingerprint density at radius 1 is 1.16 bits per heavy atom. The van der Waals surface area contributed by atoms with Crippen LogP contribution in [-0.2, 0) is 9.59 Å². The lowest BCUT2D eigenvalue weighted by atomic mass is 10.2. The van der Waals surface area contributed by atoms with Crippen LogP contribution < -0.4 is 15.8 Å². The Bertz CT molecular complexity index is 740. The fourth-order valence-corrected chi connectivity index (χ4v) is 3.16. The monoisotopic (exact) mass is 422 g/mol. The van der Waals surface area contributed by atoms with Crippen molar-refractivity contribution in [3.8, 4) is 5.75 Å². The molecule has 0 fully saturated rings. The van der Waals surface area contributed by atoms with Crippen molar-refractivity contribution in [1.29, 1.82) is 0 Å². The second-order valence-corrected chi connectivity index (χ2v) is 7.14. The van der Waals surface area contributed by atoms with Gasteiger partial charge in [-0.25, -0.2) is 0 Å². The van der Waals surface area contributed by atoms with E-state index >= 15 is 0 Å². The third kappa shape index (κ3) is 7.19. The molecule has 2 aromatic carbocycles. The second kappa shape index (κ2) is 10.1. The molecule has 132 valence electrons. The predicted molar refractivity (Wildman–Crippen MR) is 104 cm³/mol. The van der Waals surface area contributed by atoms with Gasteiger partial charge in [-0.05, 0) is 36.8 Å². The molecule has 5 nitrogen and oxygen atoms in total. The van der Waals surface area contributed by atoms with E-state index < -0.39 is 5.91 Å². The van der Waals surface area contributed by atoms with E-state index in [0.29, 0.717) is 25.1 Å². The van der Waals surface area contributed by atoms with E-state index in [1.54, 1.807) is 6.07 Å². The Kier molecular flexibility index (Phi) is 7.81. The summed E-state index contributed by atoms with van der Waals surface area (Å²) in [7, 11) is 0. The highest BCUT2D eigenvalue weighted by molar-refractivity contribution is 9.10. The number of hydrogen-bond acceptors (Lipinski definition) is 4. The molecule has 0 aliphatic carbocycles. The Labute approximate surface area is 159 Å². The molecule has 0 bridgehead atoms. The van der Waals surface area contributed by atoms with Crippen LogP contribution in [-0.4, -0.2) is 24.2 Å². The zero-order chi connectivity index (χ0) is 18.1. The van der Waals surface area contributed by atoms with Crippen molar-refractivity contribution in [2.45, 2.75) is 17.7 Å². The Hall–Kier alpha value is -1.99. The summed E-state index contributed by atoms with van der Waals surface area (Å²) in [6, 6.07) is 14.9. The molecule has 0 unspecified atom stereocenters. The number of benzene rings is 2. The lowest BCUT2D eigenvalue weighted by molar-refractivity contribution is -0.116. The average Bonchev–Trinajstić information content (AvgIpc) is 2.58. The number of halogens is 1. The molecule has 0 saturated heterocycles. The fourth-order valence-electron chi connectivity index (χ4n) is 2.04. The highest BCUT2D eigenvalue weighted by Gasteiger charge is 2.08. The number of hydrogen-bond donors (Lipinski definition) is 2. The van der Waals surface area contributed by atoms with Gasteiger partial charge in [0, 0.05) is 15.8 Å². The predicted octanol–water partition coefficient (Wildman–Crippen LogP) is 3.82. The lowest BCUT2D eigenvalue weighted by Crippen LogP contribution is -2.15. The van der Waals surface area contributed by atoms with Gasteiger partial charge in [0.25, 0.3) is 0 Å². The first-order valence-electron chi connectivity index (χ1n) is 7.73. The van der Waals surface area contributed by atoms with E-state index in [1.807, 2.05) is 42.5 Å². The van der Waals surface area contributed by atoms with Gasteiger partial charge in [-0.3, -0.25) is 9.59 Å².